The molecule has 0 saturated carbocycles. The molecule has 8 nitrogen and oxygen atoms in total. The molecule has 2 heterocycles. The van der Waals surface area contributed by atoms with Gasteiger partial charge in [0.05, 0.1) is 12.7 Å². The van der Waals surface area contributed by atoms with Crippen molar-refractivity contribution in [3.63, 3.8) is 0 Å². The molecule has 0 atom stereocenters. The maximum Gasteiger partial charge on any atom is 0.355 e. The van der Waals surface area contributed by atoms with E-state index in [1.54, 1.807) is 6.20 Å². The van der Waals surface area contributed by atoms with Crippen LogP contribution in [0.3, 0.4) is 0 Å². The van der Waals surface area contributed by atoms with Gasteiger partial charge in [0.2, 0.25) is 0 Å². The van der Waals surface area contributed by atoms with Crippen LogP contribution in [0.2, 0.25) is 0 Å². The Morgan fingerprint density at radius 1 is 1.40 bits per heavy atom. The molecule has 106 valence electrons. The van der Waals surface area contributed by atoms with Crippen molar-refractivity contribution >= 4 is 23.3 Å². The van der Waals surface area contributed by atoms with Gasteiger partial charge in [0.25, 0.3) is 0 Å². The number of hydrogen-bond donors (Lipinski definition) is 4. The summed E-state index contributed by atoms with van der Waals surface area (Å²) < 4.78 is 0. The Balaban J connectivity index is 1.77. The number of nitrogens with one attached hydrogen (secondary N) is 3. The van der Waals surface area contributed by atoms with E-state index in [0.29, 0.717) is 11.6 Å². The van der Waals surface area contributed by atoms with Gasteiger partial charge in [-0.25, -0.2) is 14.6 Å². The van der Waals surface area contributed by atoms with Crippen LogP contribution in [-0.4, -0.2) is 32.3 Å². The third kappa shape index (κ3) is 3.54. The van der Waals surface area contributed by atoms with Crippen LogP contribution in [0.15, 0.2) is 11.6 Å². The molecular weight excluding hydrogens is 282 g/mol. The van der Waals surface area contributed by atoms with Gasteiger partial charge < -0.3 is 15.7 Å². The van der Waals surface area contributed by atoms with E-state index in [2.05, 4.69) is 25.8 Å². The molecule has 0 spiro atoms. The zero-order valence-electron chi connectivity index (χ0n) is 10.6. The monoisotopic (exact) mass is 295 g/mol. The molecular formula is C11H13N5O3S. The number of amides is 2. The Labute approximate surface area is 118 Å². The zero-order chi connectivity index (χ0) is 14.5. The summed E-state index contributed by atoms with van der Waals surface area (Å²) in [5.41, 5.74) is 1.79. The third-order valence-electron chi connectivity index (χ3n) is 2.54. The van der Waals surface area contributed by atoms with Gasteiger partial charge in [-0.05, 0) is 6.92 Å². The van der Waals surface area contributed by atoms with Crippen molar-refractivity contribution in [1.82, 2.24) is 25.8 Å². The molecule has 2 aromatic rings. The highest BCUT2D eigenvalue weighted by Gasteiger charge is 2.09. The summed E-state index contributed by atoms with van der Waals surface area (Å²) in [6, 6.07) is -0.349. The predicted octanol–water partition coefficient (Wildman–Crippen LogP) is 0.872. The fraction of sp³-hybridized carbons (Fsp3) is 0.273. The second-order valence-electron chi connectivity index (χ2n) is 3.99. The second kappa shape index (κ2) is 6.15. The second-order valence-corrected chi connectivity index (χ2v) is 4.93. The number of aromatic nitrogens is 3. The Kier molecular flexibility index (Phi) is 4.31. The molecule has 4 N–H and O–H groups in total. The van der Waals surface area contributed by atoms with Crippen molar-refractivity contribution in [1.29, 1.82) is 0 Å². The first-order valence-electron chi connectivity index (χ1n) is 5.74. The lowest BCUT2D eigenvalue weighted by molar-refractivity contribution is 0.0691. The number of carbonyl (C=O) groups is 2. The number of nitrogens with zero attached hydrogens (tertiary/aromatic N) is 2. The number of hydrogen-bond acceptors (Lipinski definition) is 5. The number of rotatable bonds is 5. The first kappa shape index (κ1) is 14.0. The molecule has 0 aliphatic carbocycles. The van der Waals surface area contributed by atoms with Crippen LogP contribution in [0.5, 0.6) is 0 Å². The molecule has 0 aliphatic heterocycles. The minimum atomic E-state index is -1.08. The largest absolute Gasteiger partial charge is 0.476 e. The Hall–Kier alpha value is -2.42. The van der Waals surface area contributed by atoms with Gasteiger partial charge >= 0.3 is 12.0 Å². The molecule has 0 aromatic carbocycles. The first-order valence-corrected chi connectivity index (χ1v) is 6.62. The van der Waals surface area contributed by atoms with Crippen molar-refractivity contribution in [3.8, 4) is 0 Å². The van der Waals surface area contributed by atoms with Crippen LogP contribution < -0.4 is 10.6 Å². The topological polar surface area (TPSA) is 120 Å². The van der Waals surface area contributed by atoms with Crippen molar-refractivity contribution in [2.45, 2.75) is 20.0 Å². The first-order chi connectivity index (χ1) is 9.56. The highest BCUT2D eigenvalue weighted by molar-refractivity contribution is 7.09. The summed E-state index contributed by atoms with van der Waals surface area (Å²) >= 11 is 1.19. The summed E-state index contributed by atoms with van der Waals surface area (Å²) in [5.74, 6) is -1.08. The molecule has 0 unspecified atom stereocenters. The normalized spacial score (nSPS) is 10.2. The van der Waals surface area contributed by atoms with Gasteiger partial charge in [0.15, 0.2) is 5.69 Å². The van der Waals surface area contributed by atoms with Crippen LogP contribution in [0.25, 0.3) is 0 Å². The molecule has 0 saturated heterocycles. The van der Waals surface area contributed by atoms with Gasteiger partial charge in [0.1, 0.15) is 5.01 Å². The third-order valence-corrected chi connectivity index (χ3v) is 3.39. The fourth-order valence-corrected chi connectivity index (χ4v) is 2.15. The van der Waals surface area contributed by atoms with Gasteiger partial charge in [-0.2, -0.15) is 5.10 Å². The van der Waals surface area contributed by atoms with Crippen LogP contribution in [0.4, 0.5) is 4.79 Å². The molecule has 0 fully saturated rings. The van der Waals surface area contributed by atoms with Crippen LogP contribution in [0, 0.1) is 6.92 Å². The fourth-order valence-electron chi connectivity index (χ4n) is 1.44. The summed E-state index contributed by atoms with van der Waals surface area (Å²) in [6.07, 6.45) is 1.65. The van der Waals surface area contributed by atoms with Gasteiger partial charge in [0, 0.05) is 23.2 Å². The molecule has 20 heavy (non-hydrogen) atoms. The van der Waals surface area contributed by atoms with Crippen LogP contribution in [0.1, 0.15) is 26.8 Å². The number of H-pyrrole nitrogens is 1. The SMILES string of the molecule is Cc1[nH]ncc1CNC(=O)NCc1nc(C(=O)O)cs1. The molecule has 0 radical (unpaired) electrons. The lowest BCUT2D eigenvalue weighted by Crippen LogP contribution is -2.34. The van der Waals surface area contributed by atoms with E-state index < -0.39 is 5.97 Å². The average Bonchev–Trinajstić information content (AvgIpc) is 3.03. The Bertz CT molecular complexity index is 621. The number of urea groups is 1. The van der Waals surface area contributed by atoms with E-state index >= 15 is 0 Å². The van der Waals surface area contributed by atoms with E-state index in [1.165, 1.54) is 16.7 Å². The Morgan fingerprint density at radius 2 is 2.15 bits per heavy atom. The number of carboxylic acid groups (broad SMARTS) is 1. The lowest BCUT2D eigenvalue weighted by atomic mass is 10.3. The minimum Gasteiger partial charge on any atom is -0.476 e. The van der Waals surface area contributed by atoms with Crippen LogP contribution in [-0.2, 0) is 13.1 Å². The highest BCUT2D eigenvalue weighted by atomic mass is 32.1. The molecule has 0 aliphatic rings. The van der Waals surface area contributed by atoms with Crippen LogP contribution >= 0.6 is 11.3 Å². The number of aromatic carboxylic acids is 1. The summed E-state index contributed by atoms with van der Waals surface area (Å²) in [4.78, 5) is 26.1. The van der Waals surface area contributed by atoms with E-state index in [0.717, 1.165) is 11.3 Å². The average molecular weight is 295 g/mol. The van der Waals surface area contributed by atoms with Gasteiger partial charge in [-0.3, -0.25) is 5.10 Å². The summed E-state index contributed by atoms with van der Waals surface area (Å²) in [7, 11) is 0. The maximum atomic E-state index is 11.6. The van der Waals surface area contributed by atoms with Crippen molar-refractivity contribution in [2.24, 2.45) is 0 Å². The van der Waals surface area contributed by atoms with E-state index in [9.17, 15) is 9.59 Å². The Morgan fingerprint density at radius 3 is 2.75 bits per heavy atom. The summed E-state index contributed by atoms with van der Waals surface area (Å²) in [5, 5.41) is 22.6. The molecule has 2 aromatic heterocycles. The molecule has 9 heteroatoms. The van der Waals surface area contributed by atoms with Crippen molar-refractivity contribution < 1.29 is 14.7 Å². The van der Waals surface area contributed by atoms with Gasteiger partial charge in [-0.1, -0.05) is 0 Å². The van der Waals surface area contributed by atoms with E-state index in [-0.39, 0.29) is 18.3 Å². The number of aryl methyl sites for hydroxylation is 1. The number of carbonyl (C=O) groups excluding carboxylic acids is 1. The predicted molar refractivity (Wildman–Crippen MR) is 71.5 cm³/mol. The number of aromatic amines is 1. The minimum absolute atomic E-state index is 0.0127. The standard InChI is InChI=1S/C11H13N5O3S/c1-6-7(3-14-16-6)2-12-11(19)13-4-9-15-8(5-20-9)10(17)18/h3,5H,2,4H2,1H3,(H,14,16)(H,17,18)(H2,12,13,19). The molecule has 0 bridgehead atoms. The molecule has 2 rings (SSSR count). The summed E-state index contributed by atoms with van der Waals surface area (Å²) in [6.45, 7) is 2.42. The van der Waals surface area contributed by atoms with Crippen molar-refractivity contribution in [2.75, 3.05) is 0 Å². The highest BCUT2D eigenvalue weighted by Crippen LogP contribution is 2.09. The number of thiazole rings is 1. The number of carboxylic acids is 1. The quantitative estimate of drug-likeness (QED) is 0.652. The van der Waals surface area contributed by atoms with Gasteiger partial charge in [-0.15, -0.1) is 11.3 Å². The maximum absolute atomic E-state index is 11.6. The van der Waals surface area contributed by atoms with E-state index in [1.807, 2.05) is 6.92 Å². The van der Waals surface area contributed by atoms with Crippen molar-refractivity contribution in [3.05, 3.63) is 33.5 Å². The molecule has 2 amide bonds. The smallest absolute Gasteiger partial charge is 0.355 e. The zero-order valence-corrected chi connectivity index (χ0v) is 11.5. The van der Waals surface area contributed by atoms with E-state index in [4.69, 9.17) is 5.11 Å². The lowest BCUT2D eigenvalue weighted by Gasteiger charge is -2.05.